The molecule has 0 bridgehead atoms. The molecular formula is C16H21FO. The normalized spacial score (nSPS) is 32.5. The summed E-state index contributed by atoms with van der Waals surface area (Å²) in [6, 6.07) is 5.07. The van der Waals surface area contributed by atoms with Gasteiger partial charge in [-0.15, -0.1) is 0 Å². The number of aliphatic hydroxyl groups is 1. The smallest absolute Gasteiger partial charge is 0.126 e. The molecule has 18 heavy (non-hydrogen) atoms. The summed E-state index contributed by atoms with van der Waals surface area (Å²) < 4.78 is 13.3. The number of hydrogen-bond donors (Lipinski definition) is 1. The molecule has 2 heteroatoms. The van der Waals surface area contributed by atoms with Gasteiger partial charge >= 0.3 is 0 Å². The molecule has 0 saturated heterocycles. The van der Waals surface area contributed by atoms with Gasteiger partial charge in [0, 0.05) is 0 Å². The lowest BCUT2D eigenvalue weighted by Gasteiger charge is -2.37. The first-order valence-electron chi connectivity index (χ1n) is 7.07. The van der Waals surface area contributed by atoms with E-state index in [-0.39, 0.29) is 5.82 Å². The highest BCUT2D eigenvalue weighted by Crippen LogP contribution is 2.49. The summed E-state index contributed by atoms with van der Waals surface area (Å²) in [4.78, 5) is 0. The predicted molar refractivity (Wildman–Crippen MR) is 69.7 cm³/mol. The first-order chi connectivity index (χ1) is 8.58. The van der Waals surface area contributed by atoms with Gasteiger partial charge in [-0.2, -0.15) is 0 Å². The van der Waals surface area contributed by atoms with Gasteiger partial charge in [0.25, 0.3) is 0 Å². The van der Waals surface area contributed by atoms with Crippen LogP contribution in [0.1, 0.15) is 49.7 Å². The maximum Gasteiger partial charge on any atom is 0.126 e. The zero-order valence-electron chi connectivity index (χ0n) is 11.0. The molecule has 2 fully saturated rings. The van der Waals surface area contributed by atoms with Crippen LogP contribution in [0.5, 0.6) is 0 Å². The molecule has 2 aliphatic carbocycles. The number of hydrogen-bond acceptors (Lipinski definition) is 1. The quantitative estimate of drug-likeness (QED) is 0.841. The zero-order chi connectivity index (χ0) is 12.8. The fourth-order valence-corrected chi connectivity index (χ4v) is 3.46. The van der Waals surface area contributed by atoms with E-state index in [1.54, 1.807) is 13.0 Å². The second kappa shape index (κ2) is 4.34. The Morgan fingerprint density at radius 2 is 2.00 bits per heavy atom. The molecule has 1 aromatic carbocycles. The van der Waals surface area contributed by atoms with Crippen molar-refractivity contribution in [2.75, 3.05) is 0 Å². The second-order valence-electron chi connectivity index (χ2n) is 6.19. The molecular weight excluding hydrogens is 227 g/mol. The van der Waals surface area contributed by atoms with Crippen molar-refractivity contribution >= 4 is 0 Å². The average Bonchev–Trinajstić information content (AvgIpc) is 3.17. The molecule has 0 aromatic heterocycles. The van der Waals surface area contributed by atoms with Crippen LogP contribution in [0.3, 0.4) is 0 Å². The van der Waals surface area contributed by atoms with E-state index in [1.807, 2.05) is 6.07 Å². The molecule has 2 aliphatic rings. The summed E-state index contributed by atoms with van der Waals surface area (Å²) in [6.07, 6.45) is 6.71. The summed E-state index contributed by atoms with van der Waals surface area (Å²) in [5.74, 6) is 1.34. The lowest BCUT2D eigenvalue weighted by molar-refractivity contribution is -0.0252. The van der Waals surface area contributed by atoms with E-state index in [0.29, 0.717) is 11.5 Å². The molecule has 3 rings (SSSR count). The molecule has 98 valence electrons. The summed E-state index contributed by atoms with van der Waals surface area (Å²) in [5.41, 5.74) is 0.825. The Bertz CT molecular complexity index is 452. The maximum atomic E-state index is 13.3. The first-order valence-corrected chi connectivity index (χ1v) is 7.07. The monoisotopic (exact) mass is 248 g/mol. The fourth-order valence-electron chi connectivity index (χ4n) is 3.46. The van der Waals surface area contributed by atoms with Crippen molar-refractivity contribution in [3.8, 4) is 0 Å². The number of benzene rings is 1. The van der Waals surface area contributed by atoms with Gasteiger partial charge < -0.3 is 5.11 Å². The van der Waals surface area contributed by atoms with Gasteiger partial charge in [0.1, 0.15) is 5.82 Å². The van der Waals surface area contributed by atoms with E-state index in [9.17, 15) is 9.50 Å². The molecule has 0 aliphatic heterocycles. The second-order valence-corrected chi connectivity index (χ2v) is 6.19. The van der Waals surface area contributed by atoms with E-state index in [1.165, 1.54) is 25.3 Å². The summed E-state index contributed by atoms with van der Waals surface area (Å²) in [6.45, 7) is 1.77. The minimum Gasteiger partial charge on any atom is -0.385 e. The van der Waals surface area contributed by atoms with Crippen LogP contribution in [0.25, 0.3) is 0 Å². The van der Waals surface area contributed by atoms with Crippen LogP contribution in [0.15, 0.2) is 18.2 Å². The average molecular weight is 248 g/mol. The van der Waals surface area contributed by atoms with Gasteiger partial charge in [-0.3, -0.25) is 0 Å². The largest absolute Gasteiger partial charge is 0.385 e. The zero-order valence-corrected chi connectivity index (χ0v) is 11.0. The molecule has 1 aromatic rings. The number of rotatable bonds is 2. The highest BCUT2D eigenvalue weighted by molar-refractivity contribution is 5.29. The maximum absolute atomic E-state index is 13.3. The molecule has 0 amide bonds. The molecule has 2 saturated carbocycles. The SMILES string of the molecule is Cc1cc(C2(O)CCCC(C3CC3)C2)ccc1F. The summed E-state index contributed by atoms with van der Waals surface area (Å²) in [5, 5.41) is 10.9. The molecule has 0 spiro atoms. The van der Waals surface area contributed by atoms with Gasteiger partial charge in [-0.1, -0.05) is 12.1 Å². The Morgan fingerprint density at radius 3 is 2.67 bits per heavy atom. The van der Waals surface area contributed by atoms with Gasteiger partial charge in [-0.05, 0) is 74.5 Å². The van der Waals surface area contributed by atoms with Crippen molar-refractivity contribution in [3.63, 3.8) is 0 Å². The van der Waals surface area contributed by atoms with E-state index in [0.717, 1.165) is 30.7 Å². The summed E-state index contributed by atoms with van der Waals surface area (Å²) >= 11 is 0. The molecule has 0 radical (unpaired) electrons. The van der Waals surface area contributed by atoms with E-state index < -0.39 is 5.60 Å². The molecule has 2 atom stereocenters. The fraction of sp³-hybridized carbons (Fsp3) is 0.625. The lowest BCUT2D eigenvalue weighted by atomic mass is 9.72. The standard InChI is InChI=1S/C16H21FO/c1-11-9-14(6-7-15(11)17)16(18)8-2-3-13(10-16)12-4-5-12/h6-7,9,12-13,18H,2-5,8,10H2,1H3. The Labute approximate surface area is 108 Å². The van der Waals surface area contributed by atoms with Crippen molar-refractivity contribution < 1.29 is 9.50 Å². The van der Waals surface area contributed by atoms with Gasteiger partial charge in [0.15, 0.2) is 0 Å². The van der Waals surface area contributed by atoms with Crippen LogP contribution in [0, 0.1) is 24.6 Å². The summed E-state index contributed by atoms with van der Waals surface area (Å²) in [7, 11) is 0. The van der Waals surface area contributed by atoms with E-state index in [2.05, 4.69) is 0 Å². The Kier molecular flexibility index (Phi) is 2.93. The molecule has 1 nitrogen and oxygen atoms in total. The van der Waals surface area contributed by atoms with Crippen LogP contribution < -0.4 is 0 Å². The topological polar surface area (TPSA) is 20.2 Å². The predicted octanol–water partition coefficient (Wildman–Crippen LogP) is 3.92. The van der Waals surface area contributed by atoms with Crippen LogP contribution in [-0.2, 0) is 5.60 Å². The third-order valence-electron chi connectivity index (χ3n) is 4.75. The van der Waals surface area contributed by atoms with Crippen LogP contribution in [-0.4, -0.2) is 5.11 Å². The Morgan fingerprint density at radius 1 is 1.22 bits per heavy atom. The third-order valence-corrected chi connectivity index (χ3v) is 4.75. The van der Waals surface area contributed by atoms with Gasteiger partial charge in [-0.25, -0.2) is 4.39 Å². The van der Waals surface area contributed by atoms with Crippen molar-refractivity contribution in [1.82, 2.24) is 0 Å². The minimum atomic E-state index is -0.718. The van der Waals surface area contributed by atoms with Crippen LogP contribution in [0.2, 0.25) is 0 Å². The molecule has 1 N–H and O–H groups in total. The Balaban J connectivity index is 1.85. The Hall–Kier alpha value is -0.890. The first kappa shape index (κ1) is 12.2. The van der Waals surface area contributed by atoms with Crippen molar-refractivity contribution in [1.29, 1.82) is 0 Å². The lowest BCUT2D eigenvalue weighted by Crippen LogP contribution is -2.33. The molecule has 0 heterocycles. The minimum absolute atomic E-state index is 0.183. The van der Waals surface area contributed by atoms with Crippen molar-refractivity contribution in [2.45, 2.75) is 51.0 Å². The van der Waals surface area contributed by atoms with Gasteiger partial charge in [0.2, 0.25) is 0 Å². The third kappa shape index (κ3) is 2.18. The highest BCUT2D eigenvalue weighted by atomic mass is 19.1. The van der Waals surface area contributed by atoms with Crippen LogP contribution >= 0.6 is 0 Å². The molecule has 2 unspecified atom stereocenters. The van der Waals surface area contributed by atoms with Crippen molar-refractivity contribution in [3.05, 3.63) is 35.1 Å². The van der Waals surface area contributed by atoms with Gasteiger partial charge in [0.05, 0.1) is 5.60 Å². The highest BCUT2D eigenvalue weighted by Gasteiger charge is 2.41. The number of aryl methyl sites for hydroxylation is 1. The van der Waals surface area contributed by atoms with E-state index >= 15 is 0 Å². The number of halogens is 1. The van der Waals surface area contributed by atoms with Crippen molar-refractivity contribution in [2.24, 2.45) is 11.8 Å². The van der Waals surface area contributed by atoms with E-state index in [4.69, 9.17) is 0 Å². The van der Waals surface area contributed by atoms with Crippen LogP contribution in [0.4, 0.5) is 4.39 Å².